The van der Waals surface area contributed by atoms with Gasteiger partial charge in [-0.2, -0.15) is 4.98 Å². The number of benzene rings is 2. The molecule has 0 fully saturated rings. The van der Waals surface area contributed by atoms with Crippen molar-refractivity contribution in [3.63, 3.8) is 0 Å². The third kappa shape index (κ3) is 4.92. The van der Waals surface area contributed by atoms with Crippen LogP contribution in [0.1, 0.15) is 49.5 Å². The lowest BCUT2D eigenvalue weighted by molar-refractivity contribution is 0.0956. The van der Waals surface area contributed by atoms with Crippen LogP contribution in [0, 0.1) is 5.82 Å². The zero-order chi connectivity index (χ0) is 24.3. The van der Waals surface area contributed by atoms with Crippen LogP contribution in [-0.2, 0) is 5.41 Å². The van der Waals surface area contributed by atoms with Crippen molar-refractivity contribution in [2.75, 3.05) is 23.8 Å². The van der Waals surface area contributed by atoms with Crippen LogP contribution in [0.15, 0.2) is 42.6 Å². The van der Waals surface area contributed by atoms with Crippen molar-refractivity contribution < 1.29 is 13.9 Å². The van der Waals surface area contributed by atoms with Crippen molar-refractivity contribution in [2.45, 2.75) is 39.0 Å². The number of amides is 1. The number of carbonyl (C=O) groups excluding carboxylic acids is 1. The van der Waals surface area contributed by atoms with Crippen LogP contribution >= 0.6 is 11.6 Å². The maximum absolute atomic E-state index is 14.7. The molecule has 1 aliphatic rings. The minimum absolute atomic E-state index is 0.0151. The Balaban J connectivity index is 1.67. The summed E-state index contributed by atoms with van der Waals surface area (Å²) in [7, 11) is 0. The topological polar surface area (TPSA) is 88.2 Å². The van der Waals surface area contributed by atoms with E-state index in [4.69, 9.17) is 16.3 Å². The molecular formula is C25H27ClFN5O2. The van der Waals surface area contributed by atoms with E-state index in [0.717, 1.165) is 29.8 Å². The van der Waals surface area contributed by atoms with Gasteiger partial charge in [0.05, 0.1) is 29.7 Å². The first-order valence-corrected chi connectivity index (χ1v) is 11.6. The normalized spacial score (nSPS) is 14.4. The van der Waals surface area contributed by atoms with Gasteiger partial charge in [-0.25, -0.2) is 9.37 Å². The van der Waals surface area contributed by atoms with Crippen molar-refractivity contribution in [2.24, 2.45) is 0 Å². The first-order valence-electron chi connectivity index (χ1n) is 11.2. The van der Waals surface area contributed by atoms with Gasteiger partial charge in [0.2, 0.25) is 5.95 Å². The molecule has 34 heavy (non-hydrogen) atoms. The van der Waals surface area contributed by atoms with E-state index in [1.165, 1.54) is 24.4 Å². The molecule has 0 atom stereocenters. The van der Waals surface area contributed by atoms with Crippen LogP contribution in [0.5, 0.6) is 5.75 Å². The van der Waals surface area contributed by atoms with Gasteiger partial charge in [-0.15, -0.1) is 0 Å². The van der Waals surface area contributed by atoms with E-state index < -0.39 is 11.7 Å². The number of halogens is 2. The van der Waals surface area contributed by atoms with Crippen LogP contribution in [0.3, 0.4) is 0 Å². The Kier molecular flexibility index (Phi) is 6.88. The Morgan fingerprint density at radius 2 is 2.00 bits per heavy atom. The Labute approximate surface area is 203 Å². The Hall–Kier alpha value is -3.39. The first kappa shape index (κ1) is 23.8. The number of ether oxygens (including phenoxy) is 1. The lowest BCUT2D eigenvalue weighted by Crippen LogP contribution is -2.24. The summed E-state index contributed by atoms with van der Waals surface area (Å²) >= 11 is 6.31. The standard InChI is InChI=1S/C25H27ClFN5O2/c1-4-28-23(33)15-8-5-10-18(27)20(15)31-22-17(26)14-29-24(32-22)30-19-11-6-9-16-21(19)34-13-7-12-25(16,2)3/h5-6,8-11,14H,4,7,12-13H2,1-3H3,(H,28,33)(H2,29,30,31,32). The maximum Gasteiger partial charge on any atom is 0.253 e. The predicted octanol–water partition coefficient (Wildman–Crippen LogP) is 5.96. The number of hydrogen-bond donors (Lipinski definition) is 3. The highest BCUT2D eigenvalue weighted by molar-refractivity contribution is 6.33. The molecule has 9 heteroatoms. The monoisotopic (exact) mass is 483 g/mol. The van der Waals surface area contributed by atoms with E-state index >= 15 is 0 Å². The fraction of sp³-hybridized carbons (Fsp3) is 0.320. The van der Waals surface area contributed by atoms with Gasteiger partial charge >= 0.3 is 0 Å². The highest BCUT2D eigenvalue weighted by Crippen LogP contribution is 2.42. The quantitative estimate of drug-likeness (QED) is 0.401. The predicted molar refractivity (Wildman–Crippen MR) is 132 cm³/mol. The smallest absolute Gasteiger partial charge is 0.253 e. The summed E-state index contributed by atoms with van der Waals surface area (Å²) in [5, 5.41) is 8.93. The van der Waals surface area contributed by atoms with E-state index in [1.807, 2.05) is 12.1 Å². The summed E-state index contributed by atoms with van der Waals surface area (Å²) in [5.41, 5.74) is 1.95. The number of hydrogen-bond acceptors (Lipinski definition) is 6. The van der Waals surface area contributed by atoms with E-state index in [0.29, 0.717) is 13.2 Å². The molecule has 1 amide bonds. The molecule has 0 saturated carbocycles. The van der Waals surface area contributed by atoms with Crippen molar-refractivity contribution in [3.8, 4) is 5.75 Å². The number of aromatic nitrogens is 2. The summed E-state index contributed by atoms with van der Waals surface area (Å²) in [5.74, 6) is 0.183. The molecule has 0 aliphatic carbocycles. The largest absolute Gasteiger partial charge is 0.491 e. The zero-order valence-electron chi connectivity index (χ0n) is 19.3. The molecule has 7 nitrogen and oxygen atoms in total. The van der Waals surface area contributed by atoms with Crippen molar-refractivity contribution in [1.82, 2.24) is 15.3 Å². The van der Waals surface area contributed by atoms with E-state index in [9.17, 15) is 9.18 Å². The molecule has 2 heterocycles. The van der Waals surface area contributed by atoms with Gasteiger partial charge in [0, 0.05) is 12.1 Å². The fourth-order valence-electron chi connectivity index (χ4n) is 4.00. The van der Waals surface area contributed by atoms with Gasteiger partial charge < -0.3 is 20.7 Å². The number of rotatable bonds is 6. The fourth-order valence-corrected chi connectivity index (χ4v) is 4.14. The molecule has 4 rings (SSSR count). The summed E-state index contributed by atoms with van der Waals surface area (Å²) in [6.07, 6.45) is 3.40. The molecule has 178 valence electrons. The minimum atomic E-state index is -0.600. The van der Waals surface area contributed by atoms with E-state index in [2.05, 4.69) is 45.8 Å². The highest BCUT2D eigenvalue weighted by Gasteiger charge is 2.28. The summed E-state index contributed by atoms with van der Waals surface area (Å²) < 4.78 is 20.7. The molecule has 2 aromatic carbocycles. The molecule has 0 unspecified atom stereocenters. The lowest BCUT2D eigenvalue weighted by Gasteiger charge is -2.25. The molecule has 3 N–H and O–H groups in total. The second-order valence-electron chi connectivity index (χ2n) is 8.68. The SMILES string of the molecule is CCNC(=O)c1cccc(F)c1Nc1nc(Nc2cccc3c2OCCCC3(C)C)ncc1Cl. The van der Waals surface area contributed by atoms with Crippen LogP contribution in [0.4, 0.5) is 27.5 Å². The molecule has 0 spiro atoms. The zero-order valence-corrected chi connectivity index (χ0v) is 20.1. The maximum atomic E-state index is 14.7. The second-order valence-corrected chi connectivity index (χ2v) is 9.09. The third-order valence-electron chi connectivity index (χ3n) is 5.77. The Morgan fingerprint density at radius 3 is 2.79 bits per heavy atom. The van der Waals surface area contributed by atoms with Gasteiger partial charge in [0.15, 0.2) is 5.82 Å². The second kappa shape index (κ2) is 9.85. The molecule has 0 bridgehead atoms. The van der Waals surface area contributed by atoms with Gasteiger partial charge in [-0.1, -0.05) is 43.6 Å². The number of para-hydroxylation sites is 2. The van der Waals surface area contributed by atoms with Crippen molar-refractivity contribution in [3.05, 3.63) is 64.6 Å². The minimum Gasteiger partial charge on any atom is -0.491 e. The molecule has 0 saturated heterocycles. The van der Waals surface area contributed by atoms with Crippen molar-refractivity contribution >= 4 is 40.6 Å². The van der Waals surface area contributed by atoms with Crippen LogP contribution in [-0.4, -0.2) is 29.0 Å². The summed E-state index contributed by atoms with van der Waals surface area (Å²) in [6.45, 7) is 7.23. The molecule has 1 aliphatic heterocycles. The molecular weight excluding hydrogens is 457 g/mol. The van der Waals surface area contributed by atoms with E-state index in [-0.39, 0.29) is 33.5 Å². The number of nitrogens with one attached hydrogen (secondary N) is 3. The number of fused-ring (bicyclic) bond motifs is 1. The molecule has 3 aromatic rings. The van der Waals surface area contributed by atoms with Crippen LogP contribution in [0.25, 0.3) is 0 Å². The average molecular weight is 484 g/mol. The number of anilines is 4. The van der Waals surface area contributed by atoms with Crippen molar-refractivity contribution in [1.29, 1.82) is 0 Å². The van der Waals surface area contributed by atoms with Gasteiger partial charge in [-0.3, -0.25) is 4.79 Å². The Bertz CT molecular complexity index is 1220. The highest BCUT2D eigenvalue weighted by atomic mass is 35.5. The summed E-state index contributed by atoms with van der Waals surface area (Å²) in [6, 6.07) is 10.2. The van der Waals surface area contributed by atoms with Crippen LogP contribution in [0.2, 0.25) is 5.02 Å². The van der Waals surface area contributed by atoms with Crippen LogP contribution < -0.4 is 20.7 Å². The number of carbonyl (C=O) groups is 1. The Morgan fingerprint density at radius 1 is 1.21 bits per heavy atom. The molecule has 1 aromatic heterocycles. The van der Waals surface area contributed by atoms with Gasteiger partial charge in [0.25, 0.3) is 5.91 Å². The molecule has 0 radical (unpaired) electrons. The lowest BCUT2D eigenvalue weighted by atomic mass is 9.80. The van der Waals surface area contributed by atoms with Gasteiger partial charge in [-0.05, 0) is 43.4 Å². The average Bonchev–Trinajstić information content (AvgIpc) is 2.96. The third-order valence-corrected chi connectivity index (χ3v) is 6.04. The number of nitrogens with zero attached hydrogens (tertiary/aromatic N) is 2. The van der Waals surface area contributed by atoms with E-state index in [1.54, 1.807) is 6.92 Å². The first-order chi connectivity index (χ1) is 16.3. The van der Waals surface area contributed by atoms with Gasteiger partial charge in [0.1, 0.15) is 16.6 Å². The summed E-state index contributed by atoms with van der Waals surface area (Å²) in [4.78, 5) is 21.1.